The van der Waals surface area contributed by atoms with Crippen molar-refractivity contribution in [1.82, 2.24) is 30.8 Å². The van der Waals surface area contributed by atoms with Crippen molar-refractivity contribution in [1.29, 1.82) is 0 Å². The second-order valence-electron chi connectivity index (χ2n) is 0. The Balaban J connectivity index is 0. The third-order valence-electron chi connectivity index (χ3n) is 0. The van der Waals surface area contributed by atoms with Crippen molar-refractivity contribution in [2.24, 2.45) is 0 Å². The van der Waals surface area contributed by atoms with Gasteiger partial charge in [0.15, 0.2) is 0 Å². The fraction of sp³-hybridized carbons (Fsp3) is 0. The molecule has 0 saturated heterocycles. The van der Waals surface area contributed by atoms with Crippen molar-refractivity contribution in [2.75, 3.05) is 0 Å². The molecule has 0 saturated carbocycles. The number of hydrogen-bond donors (Lipinski definition) is 5. The van der Waals surface area contributed by atoms with Crippen molar-refractivity contribution in [2.45, 2.75) is 0 Å². The van der Waals surface area contributed by atoms with Gasteiger partial charge in [0, 0.05) is 19.5 Å². The molecule has 0 bridgehead atoms. The van der Waals surface area contributed by atoms with E-state index in [4.69, 9.17) is 0 Å². The zero-order chi connectivity index (χ0) is 0. The quantitative estimate of drug-likeness (QED) is 0.352. The molecular formula is H15N5Rh. The summed E-state index contributed by atoms with van der Waals surface area (Å²) in [5.74, 6) is 0. The summed E-state index contributed by atoms with van der Waals surface area (Å²) in [6, 6.07) is 0. The van der Waals surface area contributed by atoms with E-state index in [0.29, 0.717) is 0 Å². The maximum atomic E-state index is 0. The van der Waals surface area contributed by atoms with Crippen LogP contribution in [0.5, 0.6) is 0 Å². The van der Waals surface area contributed by atoms with Crippen LogP contribution in [0.1, 0.15) is 0 Å². The van der Waals surface area contributed by atoms with Gasteiger partial charge in [-0.25, -0.2) is 0 Å². The first-order chi connectivity index (χ1) is 0. The minimum Gasteiger partial charge on any atom is -0.344 e. The zero-order valence-electron chi connectivity index (χ0n) is 3.87. The molecule has 0 unspecified atom stereocenters. The summed E-state index contributed by atoms with van der Waals surface area (Å²) in [4.78, 5) is 0. The van der Waals surface area contributed by atoms with E-state index < -0.39 is 0 Å². The van der Waals surface area contributed by atoms with Gasteiger partial charge in [0.1, 0.15) is 0 Å². The molecule has 0 aliphatic carbocycles. The molecular weight excluding hydrogens is 173 g/mol. The smallest absolute Gasteiger partial charge is 0 e. The van der Waals surface area contributed by atoms with E-state index in [1.54, 1.807) is 0 Å². The second-order valence-corrected chi connectivity index (χ2v) is 0. The number of rotatable bonds is 0. The van der Waals surface area contributed by atoms with Gasteiger partial charge >= 0.3 is 0 Å². The largest absolute Gasteiger partial charge is 0.344 e. The topological polar surface area (TPSA) is 175 Å². The van der Waals surface area contributed by atoms with Crippen molar-refractivity contribution in [3.63, 3.8) is 0 Å². The van der Waals surface area contributed by atoms with Gasteiger partial charge in [-0.3, -0.25) is 0 Å². The van der Waals surface area contributed by atoms with Gasteiger partial charge in [0.2, 0.25) is 0 Å². The molecule has 0 amide bonds. The molecule has 1 radical (unpaired) electrons. The van der Waals surface area contributed by atoms with Gasteiger partial charge in [0.05, 0.1) is 0 Å². The van der Waals surface area contributed by atoms with Crippen molar-refractivity contribution >= 4 is 0 Å². The first kappa shape index (κ1) is 1050. The fourth-order valence-electron chi connectivity index (χ4n) is 0. The summed E-state index contributed by atoms with van der Waals surface area (Å²) in [6.45, 7) is 0. The standard InChI is InChI=1S/5H3N.Rh/h5*1H3;. The molecule has 0 rings (SSSR count). The van der Waals surface area contributed by atoms with E-state index in [9.17, 15) is 0 Å². The van der Waals surface area contributed by atoms with Crippen molar-refractivity contribution in [3.8, 4) is 0 Å². The Morgan fingerprint density at radius 1 is 0.333 bits per heavy atom. The molecule has 0 aromatic rings. The maximum absolute atomic E-state index is 0. The minimum atomic E-state index is 0. The molecule has 0 fully saturated rings. The predicted octanol–water partition coefficient (Wildman–Crippen LogP) is 0.807. The fourth-order valence-corrected chi connectivity index (χ4v) is 0. The summed E-state index contributed by atoms with van der Waals surface area (Å²) < 4.78 is 0. The van der Waals surface area contributed by atoms with Crippen molar-refractivity contribution < 1.29 is 19.5 Å². The Labute approximate surface area is 50.9 Å². The molecule has 0 aliphatic rings. The Morgan fingerprint density at radius 2 is 0.333 bits per heavy atom. The Kier molecular flexibility index (Phi) is 104000. The van der Waals surface area contributed by atoms with Crippen LogP contribution in [0.3, 0.4) is 0 Å². The van der Waals surface area contributed by atoms with Gasteiger partial charge in [-0.1, -0.05) is 0 Å². The Bertz CT molecular complexity index is 3.90. The van der Waals surface area contributed by atoms with E-state index in [0.717, 1.165) is 0 Å². The predicted molar refractivity (Wildman–Crippen MR) is 25.1 cm³/mol. The summed E-state index contributed by atoms with van der Waals surface area (Å²) >= 11 is 0. The third-order valence-corrected chi connectivity index (χ3v) is 0. The third kappa shape index (κ3) is 289. The summed E-state index contributed by atoms with van der Waals surface area (Å²) in [5, 5.41) is 0. The van der Waals surface area contributed by atoms with Gasteiger partial charge in [0.25, 0.3) is 0 Å². The summed E-state index contributed by atoms with van der Waals surface area (Å²) in [6.07, 6.45) is 0. The molecule has 0 heterocycles. The molecule has 15 N–H and O–H groups in total. The van der Waals surface area contributed by atoms with Gasteiger partial charge in [-0.15, -0.1) is 0 Å². The molecule has 0 aliphatic heterocycles. The van der Waals surface area contributed by atoms with E-state index in [2.05, 4.69) is 0 Å². The van der Waals surface area contributed by atoms with Crippen LogP contribution >= 0.6 is 0 Å². The van der Waals surface area contributed by atoms with Gasteiger partial charge in [-0.05, 0) is 0 Å². The zero-order valence-corrected chi connectivity index (χ0v) is 5.51. The SMILES string of the molecule is N.N.N.N.N.[Rh]. The molecule has 0 aromatic heterocycles. The summed E-state index contributed by atoms with van der Waals surface area (Å²) in [5.41, 5.74) is 0. The summed E-state index contributed by atoms with van der Waals surface area (Å²) in [7, 11) is 0. The Hall–Kier alpha value is 0.423. The molecule has 6 heteroatoms. The molecule has 5 nitrogen and oxygen atoms in total. The van der Waals surface area contributed by atoms with Crippen LogP contribution < -0.4 is 30.8 Å². The molecule has 49 valence electrons. The van der Waals surface area contributed by atoms with Crippen LogP contribution in [-0.4, -0.2) is 0 Å². The van der Waals surface area contributed by atoms with E-state index in [1.165, 1.54) is 0 Å². The average Bonchev–Trinajstić information content (AvgIpc) is 0. The molecule has 0 atom stereocenters. The normalized spacial score (nSPS) is 0. The average molecular weight is 188 g/mol. The first-order valence-electron chi connectivity index (χ1n) is 0. The van der Waals surface area contributed by atoms with Crippen LogP contribution in [0.25, 0.3) is 0 Å². The van der Waals surface area contributed by atoms with Gasteiger partial charge < -0.3 is 30.8 Å². The van der Waals surface area contributed by atoms with Crippen LogP contribution in [-0.2, 0) is 19.5 Å². The molecule has 0 spiro atoms. The number of hydrogen-bond acceptors (Lipinski definition) is 5. The maximum Gasteiger partial charge on any atom is 0 e. The van der Waals surface area contributed by atoms with E-state index >= 15 is 0 Å². The second kappa shape index (κ2) is 592. The van der Waals surface area contributed by atoms with E-state index in [-0.39, 0.29) is 50.2 Å². The monoisotopic (exact) mass is 188 g/mol. The van der Waals surface area contributed by atoms with Gasteiger partial charge in [-0.2, -0.15) is 0 Å². The van der Waals surface area contributed by atoms with Crippen LogP contribution in [0.15, 0.2) is 0 Å². The van der Waals surface area contributed by atoms with Crippen molar-refractivity contribution in [3.05, 3.63) is 0 Å². The first-order valence-corrected chi connectivity index (χ1v) is 0. The van der Waals surface area contributed by atoms with Crippen LogP contribution in [0, 0.1) is 0 Å². The Morgan fingerprint density at radius 3 is 0.333 bits per heavy atom. The molecule has 0 aromatic carbocycles. The van der Waals surface area contributed by atoms with E-state index in [1.807, 2.05) is 0 Å². The minimum absolute atomic E-state index is 0. The van der Waals surface area contributed by atoms with Crippen LogP contribution in [0.2, 0.25) is 0 Å². The van der Waals surface area contributed by atoms with Crippen LogP contribution in [0.4, 0.5) is 0 Å². The molecule has 6 heavy (non-hydrogen) atoms.